The van der Waals surface area contributed by atoms with E-state index in [1.54, 1.807) is 37.3 Å². The van der Waals surface area contributed by atoms with Crippen LogP contribution < -0.4 is 14.8 Å². The summed E-state index contributed by atoms with van der Waals surface area (Å²) in [6.07, 6.45) is 0. The molecule has 0 atom stereocenters. The van der Waals surface area contributed by atoms with E-state index in [0.717, 1.165) is 5.56 Å². The van der Waals surface area contributed by atoms with Crippen molar-refractivity contribution in [2.45, 2.75) is 6.92 Å². The topological polar surface area (TPSA) is 102 Å². The third-order valence-corrected chi connectivity index (χ3v) is 2.58. The number of anilines is 1. The lowest BCUT2D eigenvalue weighted by atomic mass is 10.1. The first-order valence-electron chi connectivity index (χ1n) is 5.55. The number of hydrogen-bond acceptors (Lipinski definition) is 6. The molecule has 6 heteroatoms. The Morgan fingerprint density at radius 1 is 1.00 bits per heavy atom. The summed E-state index contributed by atoms with van der Waals surface area (Å²) in [4.78, 5) is 0. The molecule has 0 aliphatic heterocycles. The van der Waals surface area contributed by atoms with Gasteiger partial charge in [-0.05, 0) is 18.6 Å². The van der Waals surface area contributed by atoms with Gasteiger partial charge in [-0.2, -0.15) is 15.8 Å². The molecule has 0 amide bonds. The molecule has 0 fully saturated rings. The molecule has 1 rings (SSSR count). The van der Waals surface area contributed by atoms with E-state index in [1.165, 1.54) is 14.2 Å². The Balaban J connectivity index is 3.30. The van der Waals surface area contributed by atoms with Gasteiger partial charge >= 0.3 is 0 Å². The van der Waals surface area contributed by atoms with Gasteiger partial charge in [0.05, 0.1) is 14.2 Å². The maximum absolute atomic E-state index is 9.01. The van der Waals surface area contributed by atoms with Crippen LogP contribution in [0.15, 0.2) is 23.4 Å². The molecule has 0 aliphatic rings. The monoisotopic (exact) mass is 268 g/mol. The van der Waals surface area contributed by atoms with Gasteiger partial charge in [0.15, 0.2) is 17.1 Å². The lowest BCUT2D eigenvalue weighted by Gasteiger charge is -2.13. The molecule has 0 aliphatic carbocycles. The van der Waals surface area contributed by atoms with E-state index in [1.807, 2.05) is 0 Å². The molecule has 20 heavy (non-hydrogen) atoms. The van der Waals surface area contributed by atoms with Crippen molar-refractivity contribution >= 4 is 5.69 Å². The SMILES string of the molecule is COc1cc(C)c(NC(C#N)=C(C#N)C#N)cc1OC. The normalized spacial score (nSPS) is 8.60. The van der Waals surface area contributed by atoms with Gasteiger partial charge in [0.2, 0.25) is 0 Å². The largest absolute Gasteiger partial charge is 0.493 e. The van der Waals surface area contributed by atoms with Crippen LogP contribution in [-0.4, -0.2) is 14.2 Å². The lowest BCUT2D eigenvalue weighted by molar-refractivity contribution is 0.355. The molecular formula is C14H12N4O2. The molecule has 100 valence electrons. The van der Waals surface area contributed by atoms with Gasteiger partial charge in [-0.3, -0.25) is 0 Å². The maximum atomic E-state index is 9.01. The van der Waals surface area contributed by atoms with Crippen LogP contribution in [0.1, 0.15) is 5.56 Å². The molecule has 0 saturated carbocycles. The molecule has 0 heterocycles. The molecule has 0 bridgehead atoms. The summed E-state index contributed by atoms with van der Waals surface area (Å²) in [6, 6.07) is 8.51. The highest BCUT2D eigenvalue weighted by Gasteiger charge is 2.12. The fraction of sp³-hybridized carbons (Fsp3) is 0.214. The summed E-state index contributed by atoms with van der Waals surface area (Å²) in [5.41, 5.74) is 0.958. The Labute approximate surface area is 117 Å². The van der Waals surface area contributed by atoms with Crippen molar-refractivity contribution in [3.05, 3.63) is 29.0 Å². The highest BCUT2D eigenvalue weighted by Crippen LogP contribution is 2.33. The molecule has 6 nitrogen and oxygen atoms in total. The molecule has 0 spiro atoms. The van der Waals surface area contributed by atoms with Crippen LogP contribution in [0.5, 0.6) is 11.5 Å². The van der Waals surface area contributed by atoms with Gasteiger partial charge in [-0.15, -0.1) is 0 Å². The Morgan fingerprint density at radius 3 is 2.00 bits per heavy atom. The molecule has 1 N–H and O–H groups in total. The summed E-state index contributed by atoms with van der Waals surface area (Å²) in [7, 11) is 3.02. The number of aryl methyl sites for hydroxylation is 1. The fourth-order valence-corrected chi connectivity index (χ4v) is 1.53. The van der Waals surface area contributed by atoms with Gasteiger partial charge in [0.1, 0.15) is 23.9 Å². The van der Waals surface area contributed by atoms with Crippen LogP contribution in [0.4, 0.5) is 5.69 Å². The van der Waals surface area contributed by atoms with E-state index in [4.69, 9.17) is 25.3 Å². The van der Waals surface area contributed by atoms with Crippen LogP contribution in [0.3, 0.4) is 0 Å². The minimum absolute atomic E-state index is 0.106. The van der Waals surface area contributed by atoms with E-state index in [9.17, 15) is 0 Å². The number of rotatable bonds is 4. The maximum Gasteiger partial charge on any atom is 0.163 e. The highest BCUT2D eigenvalue weighted by atomic mass is 16.5. The third kappa shape index (κ3) is 2.98. The second kappa shape index (κ2) is 6.68. The van der Waals surface area contributed by atoms with Gasteiger partial charge in [0.25, 0.3) is 0 Å². The average Bonchev–Trinajstić information content (AvgIpc) is 2.48. The van der Waals surface area contributed by atoms with E-state index >= 15 is 0 Å². The molecule has 0 saturated heterocycles. The van der Waals surface area contributed by atoms with Crippen molar-refractivity contribution in [3.8, 4) is 29.7 Å². The Bertz CT molecular complexity index is 656. The van der Waals surface area contributed by atoms with Crippen molar-refractivity contribution in [1.29, 1.82) is 15.8 Å². The second-order valence-corrected chi connectivity index (χ2v) is 3.73. The zero-order valence-corrected chi connectivity index (χ0v) is 11.3. The Morgan fingerprint density at radius 2 is 1.55 bits per heavy atom. The minimum atomic E-state index is -0.276. The number of nitrogens with zero attached hydrogens (tertiary/aromatic N) is 3. The van der Waals surface area contributed by atoms with Crippen molar-refractivity contribution in [3.63, 3.8) is 0 Å². The number of benzene rings is 1. The number of nitrogens with one attached hydrogen (secondary N) is 1. The van der Waals surface area contributed by atoms with E-state index in [2.05, 4.69) is 5.32 Å². The van der Waals surface area contributed by atoms with Crippen molar-refractivity contribution in [2.24, 2.45) is 0 Å². The van der Waals surface area contributed by atoms with Crippen LogP contribution >= 0.6 is 0 Å². The quantitative estimate of drug-likeness (QED) is 0.840. The summed E-state index contributed by atoms with van der Waals surface area (Å²) in [5.74, 6) is 1.03. The van der Waals surface area contributed by atoms with Crippen molar-refractivity contribution in [2.75, 3.05) is 19.5 Å². The molecule has 0 unspecified atom stereocenters. The predicted molar refractivity (Wildman–Crippen MR) is 71.8 cm³/mol. The smallest absolute Gasteiger partial charge is 0.163 e. The highest BCUT2D eigenvalue weighted by molar-refractivity contribution is 5.65. The second-order valence-electron chi connectivity index (χ2n) is 3.73. The minimum Gasteiger partial charge on any atom is -0.493 e. The van der Waals surface area contributed by atoms with Crippen molar-refractivity contribution in [1.82, 2.24) is 0 Å². The van der Waals surface area contributed by atoms with Crippen LogP contribution in [0.2, 0.25) is 0 Å². The van der Waals surface area contributed by atoms with Crippen LogP contribution in [-0.2, 0) is 0 Å². The van der Waals surface area contributed by atoms with Crippen LogP contribution in [0.25, 0.3) is 0 Å². The number of hydrogen-bond donors (Lipinski definition) is 1. The van der Waals surface area contributed by atoms with Crippen molar-refractivity contribution < 1.29 is 9.47 Å². The van der Waals surface area contributed by atoms with E-state index in [0.29, 0.717) is 17.2 Å². The standard InChI is InChI=1S/C14H12N4O2/c1-9-4-13(19-2)14(20-3)5-11(9)18-12(8-17)10(6-15)7-16/h4-5,18H,1-3H3. The van der Waals surface area contributed by atoms with Gasteiger partial charge < -0.3 is 14.8 Å². The number of allylic oxidation sites excluding steroid dienone is 2. The first-order chi connectivity index (χ1) is 9.60. The molecule has 1 aromatic rings. The molecule has 0 aromatic heterocycles. The van der Waals surface area contributed by atoms with Gasteiger partial charge in [-0.1, -0.05) is 0 Å². The van der Waals surface area contributed by atoms with Gasteiger partial charge in [-0.25, -0.2) is 0 Å². The number of ether oxygens (including phenoxy) is 2. The third-order valence-electron chi connectivity index (χ3n) is 2.58. The predicted octanol–water partition coefficient (Wildman–Crippen LogP) is 2.25. The van der Waals surface area contributed by atoms with E-state index < -0.39 is 0 Å². The first-order valence-corrected chi connectivity index (χ1v) is 5.55. The number of nitriles is 3. The molecular weight excluding hydrogens is 256 g/mol. The summed E-state index contributed by atoms with van der Waals surface area (Å²) >= 11 is 0. The summed E-state index contributed by atoms with van der Waals surface area (Å²) in [6.45, 7) is 1.80. The molecule has 0 radical (unpaired) electrons. The van der Waals surface area contributed by atoms with E-state index in [-0.39, 0.29) is 11.3 Å². The first kappa shape index (κ1) is 14.9. The Kier molecular flexibility index (Phi) is 4.97. The zero-order chi connectivity index (χ0) is 15.1. The lowest BCUT2D eigenvalue weighted by Crippen LogP contribution is -2.03. The summed E-state index contributed by atoms with van der Waals surface area (Å²) in [5, 5.41) is 29.4. The van der Waals surface area contributed by atoms with Crippen LogP contribution in [0, 0.1) is 40.9 Å². The zero-order valence-electron chi connectivity index (χ0n) is 11.3. The fourth-order valence-electron chi connectivity index (χ4n) is 1.53. The summed E-state index contributed by atoms with van der Waals surface area (Å²) < 4.78 is 10.3. The average molecular weight is 268 g/mol. The van der Waals surface area contributed by atoms with Gasteiger partial charge in [0, 0.05) is 11.8 Å². The Hall–Kier alpha value is -3.17. The number of methoxy groups -OCH3 is 2. The molecule has 1 aromatic carbocycles.